The summed E-state index contributed by atoms with van der Waals surface area (Å²) in [6.45, 7) is 6.62. The van der Waals surface area contributed by atoms with Crippen LogP contribution in [0.5, 0.6) is 0 Å². The van der Waals surface area contributed by atoms with Crippen LogP contribution >= 0.6 is 23.2 Å². The lowest BCUT2D eigenvalue weighted by atomic mass is 10.2. The van der Waals surface area contributed by atoms with Crippen molar-refractivity contribution in [2.75, 3.05) is 12.4 Å². The van der Waals surface area contributed by atoms with Gasteiger partial charge in [-0.05, 0) is 44.9 Å². The van der Waals surface area contributed by atoms with E-state index < -0.39 is 5.60 Å². The monoisotopic (exact) mass is 317 g/mol. The molecule has 3 nitrogen and oxygen atoms in total. The van der Waals surface area contributed by atoms with E-state index in [1.165, 1.54) is 0 Å². The summed E-state index contributed by atoms with van der Waals surface area (Å²) in [5.74, 6) is 0.514. The van der Waals surface area contributed by atoms with Crippen molar-refractivity contribution < 1.29 is 9.53 Å². The van der Waals surface area contributed by atoms with Crippen LogP contribution in [-0.2, 0) is 11.3 Å². The minimum atomic E-state index is -0.504. The van der Waals surface area contributed by atoms with E-state index in [-0.39, 0.29) is 6.09 Å². The van der Waals surface area contributed by atoms with Crippen LogP contribution in [0, 0.1) is 0 Å². The SMILES string of the molecule is CC(C)(C)OC(=O)N(CCCCl)Cc1ccc(Cl)cc1. The Kier molecular flexibility index (Phi) is 6.63. The molecule has 0 heterocycles. The minimum absolute atomic E-state index is 0.322. The van der Waals surface area contributed by atoms with Crippen molar-refractivity contribution >= 4 is 29.3 Å². The number of rotatable bonds is 5. The Morgan fingerprint density at radius 1 is 1.25 bits per heavy atom. The highest BCUT2D eigenvalue weighted by Crippen LogP contribution is 2.15. The molecule has 0 aliphatic carbocycles. The number of ether oxygens (including phenoxy) is 1. The Balaban J connectivity index is 2.73. The fraction of sp³-hybridized carbons (Fsp3) is 0.533. The van der Waals surface area contributed by atoms with Gasteiger partial charge in [0.15, 0.2) is 0 Å². The molecule has 0 unspecified atom stereocenters. The quantitative estimate of drug-likeness (QED) is 0.736. The van der Waals surface area contributed by atoms with Crippen molar-refractivity contribution in [2.45, 2.75) is 39.3 Å². The summed E-state index contributed by atoms with van der Waals surface area (Å²) >= 11 is 11.6. The molecule has 0 bridgehead atoms. The second-order valence-electron chi connectivity index (χ2n) is 5.57. The second kappa shape index (κ2) is 7.75. The molecule has 1 rings (SSSR count). The van der Waals surface area contributed by atoms with E-state index in [1.807, 2.05) is 45.0 Å². The first-order valence-corrected chi connectivity index (χ1v) is 7.51. The molecule has 5 heteroatoms. The first-order chi connectivity index (χ1) is 9.31. The van der Waals surface area contributed by atoms with Gasteiger partial charge in [-0.25, -0.2) is 4.79 Å². The molecule has 0 atom stereocenters. The van der Waals surface area contributed by atoms with E-state index in [0.717, 1.165) is 12.0 Å². The maximum absolute atomic E-state index is 12.2. The van der Waals surface area contributed by atoms with E-state index in [1.54, 1.807) is 4.90 Å². The van der Waals surface area contributed by atoms with Crippen LogP contribution in [0.3, 0.4) is 0 Å². The number of halogens is 2. The van der Waals surface area contributed by atoms with Gasteiger partial charge in [0.2, 0.25) is 0 Å². The van der Waals surface area contributed by atoms with E-state index in [0.29, 0.717) is 24.0 Å². The molecule has 0 aliphatic rings. The van der Waals surface area contributed by atoms with Gasteiger partial charge in [0.25, 0.3) is 0 Å². The third kappa shape index (κ3) is 6.49. The van der Waals surface area contributed by atoms with Gasteiger partial charge in [-0.3, -0.25) is 0 Å². The number of benzene rings is 1. The molecule has 0 fully saturated rings. The predicted molar refractivity (Wildman–Crippen MR) is 83.4 cm³/mol. The fourth-order valence-corrected chi connectivity index (χ4v) is 1.87. The lowest BCUT2D eigenvalue weighted by Crippen LogP contribution is -2.37. The van der Waals surface area contributed by atoms with Gasteiger partial charge in [0.1, 0.15) is 5.60 Å². The number of nitrogens with zero attached hydrogens (tertiary/aromatic N) is 1. The summed E-state index contributed by atoms with van der Waals surface area (Å²) in [5.41, 5.74) is 0.505. The molecule has 112 valence electrons. The molecule has 1 amide bonds. The highest BCUT2D eigenvalue weighted by atomic mass is 35.5. The van der Waals surface area contributed by atoms with Crippen molar-refractivity contribution in [1.82, 2.24) is 4.90 Å². The van der Waals surface area contributed by atoms with Crippen LogP contribution in [0.4, 0.5) is 4.79 Å². The molecule has 1 aromatic carbocycles. The summed E-state index contributed by atoms with van der Waals surface area (Å²) in [6.07, 6.45) is 0.409. The maximum atomic E-state index is 12.2. The molecule has 20 heavy (non-hydrogen) atoms. The predicted octanol–water partition coefficient (Wildman–Crippen LogP) is 4.71. The largest absolute Gasteiger partial charge is 0.444 e. The highest BCUT2D eigenvalue weighted by molar-refractivity contribution is 6.30. The zero-order chi connectivity index (χ0) is 15.2. The summed E-state index contributed by atoms with van der Waals surface area (Å²) in [6, 6.07) is 7.43. The Morgan fingerprint density at radius 2 is 1.85 bits per heavy atom. The van der Waals surface area contributed by atoms with Crippen LogP contribution in [0.15, 0.2) is 24.3 Å². The van der Waals surface area contributed by atoms with Crippen LogP contribution in [-0.4, -0.2) is 29.0 Å². The zero-order valence-electron chi connectivity index (χ0n) is 12.2. The van der Waals surface area contributed by atoms with Crippen molar-refractivity contribution in [2.24, 2.45) is 0 Å². The highest BCUT2D eigenvalue weighted by Gasteiger charge is 2.21. The smallest absolute Gasteiger partial charge is 0.410 e. The standard InChI is InChI=1S/C15H21Cl2NO2/c1-15(2,3)20-14(19)18(10-4-9-16)11-12-5-7-13(17)8-6-12/h5-8H,4,9-11H2,1-3H3. The molecule has 0 aliphatic heterocycles. The molecule has 1 aromatic rings. The number of carbonyl (C=O) groups is 1. The van der Waals surface area contributed by atoms with E-state index in [4.69, 9.17) is 27.9 Å². The molecular weight excluding hydrogens is 297 g/mol. The first kappa shape index (κ1) is 17.1. The summed E-state index contributed by atoms with van der Waals surface area (Å²) in [4.78, 5) is 13.8. The van der Waals surface area contributed by atoms with Crippen molar-refractivity contribution in [3.05, 3.63) is 34.9 Å². The molecule has 0 N–H and O–H groups in total. The third-order valence-corrected chi connectivity index (χ3v) is 3.02. The lowest BCUT2D eigenvalue weighted by molar-refractivity contribution is 0.0234. The number of hydrogen-bond acceptors (Lipinski definition) is 2. The lowest BCUT2D eigenvalue weighted by Gasteiger charge is -2.27. The number of alkyl halides is 1. The number of hydrogen-bond donors (Lipinski definition) is 0. The molecule has 0 spiro atoms. The Bertz CT molecular complexity index is 426. The minimum Gasteiger partial charge on any atom is -0.444 e. The third-order valence-electron chi connectivity index (χ3n) is 2.50. The van der Waals surface area contributed by atoms with Crippen LogP contribution in [0.2, 0.25) is 5.02 Å². The van der Waals surface area contributed by atoms with Gasteiger partial charge in [-0.1, -0.05) is 23.7 Å². The van der Waals surface area contributed by atoms with Gasteiger partial charge in [-0.15, -0.1) is 11.6 Å². The van der Waals surface area contributed by atoms with Crippen molar-refractivity contribution in [3.8, 4) is 0 Å². The van der Waals surface area contributed by atoms with Crippen molar-refractivity contribution in [3.63, 3.8) is 0 Å². The maximum Gasteiger partial charge on any atom is 0.410 e. The number of carbonyl (C=O) groups excluding carboxylic acids is 1. The summed E-state index contributed by atoms with van der Waals surface area (Å²) in [5, 5.41) is 0.679. The first-order valence-electron chi connectivity index (χ1n) is 6.60. The molecule has 0 saturated carbocycles. The van der Waals surface area contributed by atoms with E-state index >= 15 is 0 Å². The topological polar surface area (TPSA) is 29.5 Å². The van der Waals surface area contributed by atoms with Crippen molar-refractivity contribution in [1.29, 1.82) is 0 Å². The Hall–Kier alpha value is -0.930. The van der Waals surface area contributed by atoms with Gasteiger partial charge >= 0.3 is 6.09 Å². The van der Waals surface area contributed by atoms with Gasteiger partial charge in [-0.2, -0.15) is 0 Å². The second-order valence-corrected chi connectivity index (χ2v) is 6.39. The molecule has 0 aromatic heterocycles. The summed E-state index contributed by atoms with van der Waals surface area (Å²) < 4.78 is 5.41. The van der Waals surface area contributed by atoms with E-state index in [2.05, 4.69) is 0 Å². The Labute approximate surface area is 130 Å². The zero-order valence-corrected chi connectivity index (χ0v) is 13.7. The average molecular weight is 318 g/mol. The molecule has 0 saturated heterocycles. The van der Waals surface area contributed by atoms with E-state index in [9.17, 15) is 4.79 Å². The van der Waals surface area contributed by atoms with Gasteiger partial charge < -0.3 is 9.64 Å². The van der Waals surface area contributed by atoms with Gasteiger partial charge in [0.05, 0.1) is 0 Å². The average Bonchev–Trinajstić information content (AvgIpc) is 2.34. The molecule has 0 radical (unpaired) electrons. The van der Waals surface area contributed by atoms with Crippen LogP contribution in [0.1, 0.15) is 32.8 Å². The van der Waals surface area contributed by atoms with Crippen LogP contribution in [0.25, 0.3) is 0 Å². The molecular formula is C15H21Cl2NO2. The summed E-state index contributed by atoms with van der Waals surface area (Å²) in [7, 11) is 0. The van der Waals surface area contributed by atoms with Crippen LogP contribution < -0.4 is 0 Å². The Morgan fingerprint density at radius 3 is 2.35 bits per heavy atom. The fourth-order valence-electron chi connectivity index (χ4n) is 1.62. The normalized spacial score (nSPS) is 11.2. The number of amides is 1. The van der Waals surface area contributed by atoms with Gasteiger partial charge in [0, 0.05) is 24.0 Å².